The number of hydrogen-bond donors (Lipinski definition) is 0. The quantitative estimate of drug-likeness (QED) is 0.745. The summed E-state index contributed by atoms with van der Waals surface area (Å²) < 4.78 is 5.27. The average Bonchev–Trinajstić information content (AvgIpc) is 3.01. The second kappa shape index (κ2) is 7.22. The van der Waals surface area contributed by atoms with Crippen LogP contribution < -0.4 is 4.74 Å². The van der Waals surface area contributed by atoms with Crippen LogP contribution in [0.4, 0.5) is 0 Å². The van der Waals surface area contributed by atoms with E-state index in [1.165, 1.54) is 25.7 Å². The smallest absolute Gasteiger partial charge is 0.233 e. The fourth-order valence-corrected chi connectivity index (χ4v) is 4.74. The molecule has 144 valence electrons. The molecule has 0 aliphatic heterocycles. The van der Waals surface area contributed by atoms with Crippen LogP contribution in [-0.2, 0) is 10.2 Å². The van der Waals surface area contributed by atoms with Gasteiger partial charge in [-0.1, -0.05) is 38.8 Å². The van der Waals surface area contributed by atoms with E-state index in [4.69, 9.17) is 4.74 Å². The molecule has 4 nitrogen and oxygen atoms in total. The summed E-state index contributed by atoms with van der Waals surface area (Å²) in [6, 6.07) is 8.75. The molecule has 4 heteroatoms. The maximum atomic E-state index is 13.4. The number of nitrogens with zero attached hydrogens (tertiary/aromatic N) is 2. The van der Waals surface area contributed by atoms with Gasteiger partial charge in [0, 0.05) is 26.2 Å². The summed E-state index contributed by atoms with van der Waals surface area (Å²) in [6.45, 7) is 6.15. The molecule has 1 aromatic carbocycles. The van der Waals surface area contributed by atoms with Crippen molar-refractivity contribution in [1.29, 1.82) is 0 Å². The fourth-order valence-electron chi connectivity index (χ4n) is 4.74. The number of amides is 1. The van der Waals surface area contributed by atoms with Crippen LogP contribution >= 0.6 is 0 Å². The Morgan fingerprint density at radius 1 is 1.12 bits per heavy atom. The Hall–Kier alpha value is -1.55. The van der Waals surface area contributed by atoms with Gasteiger partial charge in [-0.25, -0.2) is 0 Å². The number of rotatable bonds is 7. The van der Waals surface area contributed by atoms with Crippen LogP contribution in [0.3, 0.4) is 0 Å². The van der Waals surface area contributed by atoms with Gasteiger partial charge in [0.1, 0.15) is 5.75 Å². The maximum Gasteiger partial charge on any atom is 0.233 e. The number of likely N-dealkylation sites (N-methyl/N-ethyl adjacent to an activating group) is 2. The minimum absolute atomic E-state index is 0.00425. The van der Waals surface area contributed by atoms with Gasteiger partial charge in [-0.3, -0.25) is 4.79 Å². The van der Waals surface area contributed by atoms with E-state index >= 15 is 0 Å². The third kappa shape index (κ3) is 3.36. The maximum absolute atomic E-state index is 13.4. The predicted molar refractivity (Wildman–Crippen MR) is 106 cm³/mol. The molecule has 2 aliphatic rings. The standard InChI is InChI=1S/C22H34N2O2/c1-21(2)16-22(21,17-10-12-19(26-5)13-11-17)20(25)24(4)15-14-23(3)18-8-6-7-9-18/h10-13,18H,6-9,14-16H2,1-5H3/t22-/m1/s1. The van der Waals surface area contributed by atoms with Gasteiger partial charge in [-0.2, -0.15) is 0 Å². The lowest BCUT2D eigenvalue weighted by atomic mass is 9.86. The van der Waals surface area contributed by atoms with E-state index in [-0.39, 0.29) is 16.7 Å². The Morgan fingerprint density at radius 2 is 1.69 bits per heavy atom. The first-order valence-corrected chi connectivity index (χ1v) is 9.92. The summed E-state index contributed by atoms with van der Waals surface area (Å²) >= 11 is 0. The van der Waals surface area contributed by atoms with Crippen molar-refractivity contribution < 1.29 is 9.53 Å². The fraction of sp³-hybridized carbons (Fsp3) is 0.682. The first-order valence-electron chi connectivity index (χ1n) is 9.92. The number of benzene rings is 1. The molecule has 1 atom stereocenters. The van der Waals surface area contributed by atoms with Crippen LogP contribution in [-0.4, -0.2) is 56.0 Å². The second-order valence-electron chi connectivity index (χ2n) is 8.84. The molecule has 2 aliphatic carbocycles. The largest absolute Gasteiger partial charge is 0.497 e. The summed E-state index contributed by atoms with van der Waals surface area (Å²) in [4.78, 5) is 17.8. The average molecular weight is 359 g/mol. The highest BCUT2D eigenvalue weighted by atomic mass is 16.5. The van der Waals surface area contributed by atoms with Gasteiger partial charge in [0.25, 0.3) is 0 Å². The molecule has 0 unspecified atom stereocenters. The van der Waals surface area contributed by atoms with Crippen molar-refractivity contribution in [3.8, 4) is 5.75 Å². The van der Waals surface area contributed by atoms with E-state index in [1.807, 2.05) is 24.1 Å². The lowest BCUT2D eigenvalue weighted by molar-refractivity contribution is -0.133. The number of carbonyl (C=O) groups is 1. The molecular weight excluding hydrogens is 324 g/mol. The molecule has 0 bridgehead atoms. The summed E-state index contributed by atoms with van der Waals surface area (Å²) in [6.07, 6.45) is 6.21. The summed E-state index contributed by atoms with van der Waals surface area (Å²) in [5.41, 5.74) is 0.730. The molecule has 1 aromatic rings. The van der Waals surface area contributed by atoms with Gasteiger partial charge in [0.15, 0.2) is 0 Å². The molecule has 26 heavy (non-hydrogen) atoms. The Labute approximate surface area is 158 Å². The molecule has 0 aromatic heterocycles. The molecule has 2 fully saturated rings. The summed E-state index contributed by atoms with van der Waals surface area (Å²) in [7, 11) is 5.84. The van der Waals surface area contributed by atoms with Crippen molar-refractivity contribution in [3.05, 3.63) is 29.8 Å². The zero-order valence-corrected chi connectivity index (χ0v) is 17.0. The van der Waals surface area contributed by atoms with E-state index < -0.39 is 0 Å². The highest BCUT2D eigenvalue weighted by molar-refractivity contribution is 5.93. The Kier molecular flexibility index (Phi) is 5.34. The van der Waals surface area contributed by atoms with E-state index in [2.05, 4.69) is 37.9 Å². The number of methoxy groups -OCH3 is 1. The molecule has 1 amide bonds. The number of carbonyl (C=O) groups excluding carboxylic acids is 1. The molecular formula is C22H34N2O2. The van der Waals surface area contributed by atoms with E-state index in [0.29, 0.717) is 6.04 Å². The number of hydrogen-bond acceptors (Lipinski definition) is 3. The molecule has 2 saturated carbocycles. The van der Waals surface area contributed by atoms with Crippen LogP contribution in [0.2, 0.25) is 0 Å². The SMILES string of the molecule is COc1ccc([C@@]2(C(=O)N(C)CCN(C)C3CCCC3)CC2(C)C)cc1. The van der Waals surface area contributed by atoms with Crippen molar-refractivity contribution in [3.63, 3.8) is 0 Å². The van der Waals surface area contributed by atoms with Crippen LogP contribution in [0.25, 0.3) is 0 Å². The van der Waals surface area contributed by atoms with Crippen LogP contribution in [0, 0.1) is 5.41 Å². The molecule has 3 rings (SSSR count). The van der Waals surface area contributed by atoms with Crippen molar-refractivity contribution in [2.45, 2.75) is 57.4 Å². The second-order valence-corrected chi connectivity index (χ2v) is 8.84. The normalized spacial score (nSPS) is 24.7. The molecule has 0 heterocycles. The first kappa shape index (κ1) is 19.2. The zero-order chi connectivity index (χ0) is 18.9. The molecule has 0 saturated heterocycles. The predicted octanol–water partition coefficient (Wildman–Crippen LogP) is 3.70. The van der Waals surface area contributed by atoms with Gasteiger partial charge in [0.2, 0.25) is 5.91 Å². The van der Waals surface area contributed by atoms with Gasteiger partial charge in [0.05, 0.1) is 12.5 Å². The van der Waals surface area contributed by atoms with Gasteiger partial charge in [-0.05, 0) is 49.4 Å². The number of ether oxygens (including phenoxy) is 1. The molecule has 0 spiro atoms. The Balaban J connectivity index is 1.68. The van der Waals surface area contributed by atoms with Crippen LogP contribution in [0.5, 0.6) is 5.75 Å². The van der Waals surface area contributed by atoms with Gasteiger partial charge < -0.3 is 14.5 Å². The van der Waals surface area contributed by atoms with Crippen molar-refractivity contribution in [2.24, 2.45) is 5.41 Å². The summed E-state index contributed by atoms with van der Waals surface area (Å²) in [5, 5.41) is 0. The van der Waals surface area contributed by atoms with E-state index in [9.17, 15) is 4.79 Å². The minimum Gasteiger partial charge on any atom is -0.497 e. The molecule has 0 N–H and O–H groups in total. The van der Waals surface area contributed by atoms with Crippen LogP contribution in [0.15, 0.2) is 24.3 Å². The highest BCUT2D eigenvalue weighted by Crippen LogP contribution is 2.65. The lowest BCUT2D eigenvalue weighted by Gasteiger charge is -2.30. The molecule has 0 radical (unpaired) electrons. The third-order valence-electron chi connectivity index (χ3n) is 6.77. The van der Waals surface area contributed by atoms with E-state index in [1.54, 1.807) is 7.11 Å². The highest BCUT2D eigenvalue weighted by Gasteiger charge is 2.67. The van der Waals surface area contributed by atoms with Gasteiger partial charge in [-0.15, -0.1) is 0 Å². The van der Waals surface area contributed by atoms with Crippen molar-refractivity contribution in [1.82, 2.24) is 9.80 Å². The van der Waals surface area contributed by atoms with Gasteiger partial charge >= 0.3 is 0 Å². The van der Waals surface area contributed by atoms with Crippen molar-refractivity contribution in [2.75, 3.05) is 34.3 Å². The lowest BCUT2D eigenvalue weighted by Crippen LogP contribution is -2.43. The first-order chi connectivity index (χ1) is 12.3. The van der Waals surface area contributed by atoms with E-state index in [0.717, 1.165) is 30.8 Å². The monoisotopic (exact) mass is 358 g/mol. The third-order valence-corrected chi connectivity index (χ3v) is 6.77. The summed E-state index contributed by atoms with van der Waals surface area (Å²) in [5.74, 6) is 1.09. The Bertz CT molecular complexity index is 634. The topological polar surface area (TPSA) is 32.8 Å². The zero-order valence-electron chi connectivity index (χ0n) is 17.0. The minimum atomic E-state index is -0.389. The van der Waals surface area contributed by atoms with Crippen LogP contribution in [0.1, 0.15) is 51.5 Å². The van der Waals surface area contributed by atoms with Crippen molar-refractivity contribution >= 4 is 5.91 Å². The Morgan fingerprint density at radius 3 is 2.19 bits per heavy atom.